The lowest BCUT2D eigenvalue weighted by Gasteiger charge is -2.22. The van der Waals surface area contributed by atoms with Gasteiger partial charge in [0.05, 0.1) is 17.4 Å². The van der Waals surface area contributed by atoms with E-state index < -0.39 is 21.9 Å². The van der Waals surface area contributed by atoms with Crippen LogP contribution in [0.15, 0.2) is 17.0 Å². The van der Waals surface area contributed by atoms with Crippen LogP contribution in [0.4, 0.5) is 10.1 Å². The van der Waals surface area contributed by atoms with E-state index in [2.05, 4.69) is 0 Å². The fourth-order valence-corrected chi connectivity index (χ4v) is 2.90. The average molecular weight is 285 g/mol. The minimum atomic E-state index is -3.86. The monoisotopic (exact) mass is 285 g/mol. The Hall–Kier alpha value is -1.65. The fraction of sp³-hybridized carbons (Fsp3) is 0.417. The second-order valence-electron chi connectivity index (χ2n) is 4.35. The topological polar surface area (TPSA) is 87.2 Å². The van der Waals surface area contributed by atoms with Crippen molar-refractivity contribution in [1.82, 2.24) is 4.31 Å². The van der Waals surface area contributed by atoms with Crippen LogP contribution >= 0.6 is 0 Å². The maximum atomic E-state index is 13.6. The number of anilines is 1. The van der Waals surface area contributed by atoms with E-state index in [1.807, 2.05) is 6.07 Å². The van der Waals surface area contributed by atoms with Gasteiger partial charge in [0.25, 0.3) is 0 Å². The van der Waals surface area contributed by atoms with Crippen LogP contribution in [0.3, 0.4) is 0 Å². The molecule has 5 nitrogen and oxygen atoms in total. The van der Waals surface area contributed by atoms with E-state index in [-0.39, 0.29) is 22.6 Å². The molecule has 0 fully saturated rings. The molecular formula is C12H16FN3O2S. The van der Waals surface area contributed by atoms with Gasteiger partial charge >= 0.3 is 0 Å². The van der Waals surface area contributed by atoms with Gasteiger partial charge in [-0.1, -0.05) is 0 Å². The zero-order valence-electron chi connectivity index (χ0n) is 11.0. The third-order valence-electron chi connectivity index (χ3n) is 3.04. The molecule has 0 aromatic heterocycles. The van der Waals surface area contributed by atoms with Crippen LogP contribution in [0.2, 0.25) is 0 Å². The summed E-state index contributed by atoms with van der Waals surface area (Å²) >= 11 is 0. The van der Waals surface area contributed by atoms with Crippen LogP contribution < -0.4 is 5.73 Å². The fourth-order valence-electron chi connectivity index (χ4n) is 1.49. The van der Waals surface area contributed by atoms with Crippen molar-refractivity contribution in [3.05, 3.63) is 23.5 Å². The minimum absolute atomic E-state index is 0.0551. The Balaban J connectivity index is 3.25. The van der Waals surface area contributed by atoms with Crippen LogP contribution in [0.1, 0.15) is 18.9 Å². The van der Waals surface area contributed by atoms with Crippen LogP contribution in [-0.4, -0.2) is 25.8 Å². The highest BCUT2D eigenvalue weighted by atomic mass is 32.2. The van der Waals surface area contributed by atoms with Gasteiger partial charge in [-0.25, -0.2) is 12.8 Å². The number of nitrogens with zero attached hydrogens (tertiary/aromatic N) is 2. The van der Waals surface area contributed by atoms with Gasteiger partial charge in [-0.3, -0.25) is 0 Å². The molecule has 2 N–H and O–H groups in total. The van der Waals surface area contributed by atoms with E-state index in [0.717, 1.165) is 10.4 Å². The second kappa shape index (κ2) is 5.55. The number of sulfonamides is 1. The minimum Gasteiger partial charge on any atom is -0.398 e. The van der Waals surface area contributed by atoms with Crippen LogP contribution in [0.5, 0.6) is 0 Å². The predicted octanol–water partition coefficient (Wildman–Crippen LogP) is 1.64. The molecule has 0 amide bonds. The Morgan fingerprint density at radius 3 is 2.58 bits per heavy atom. The summed E-state index contributed by atoms with van der Waals surface area (Å²) in [4.78, 5) is -0.208. The smallest absolute Gasteiger partial charge is 0.243 e. The molecule has 0 aliphatic heterocycles. The molecule has 1 aromatic rings. The number of benzene rings is 1. The van der Waals surface area contributed by atoms with Crippen molar-refractivity contribution in [3.8, 4) is 6.07 Å². The summed E-state index contributed by atoms with van der Waals surface area (Å²) in [6.45, 7) is 3.08. The Bertz CT molecular complexity index is 599. The summed E-state index contributed by atoms with van der Waals surface area (Å²) in [6, 6.07) is 3.57. The van der Waals surface area contributed by atoms with Gasteiger partial charge in [0.1, 0.15) is 5.82 Å². The van der Waals surface area contributed by atoms with Crippen molar-refractivity contribution < 1.29 is 12.8 Å². The molecule has 0 radical (unpaired) electrons. The first-order chi connectivity index (χ1) is 8.71. The van der Waals surface area contributed by atoms with Gasteiger partial charge in [0.15, 0.2) is 0 Å². The maximum absolute atomic E-state index is 13.6. The largest absolute Gasteiger partial charge is 0.398 e. The highest BCUT2D eigenvalue weighted by Crippen LogP contribution is 2.24. The molecule has 1 unspecified atom stereocenters. The second-order valence-corrected chi connectivity index (χ2v) is 6.35. The third-order valence-corrected chi connectivity index (χ3v) is 4.99. The quantitative estimate of drug-likeness (QED) is 0.852. The zero-order valence-corrected chi connectivity index (χ0v) is 11.8. The number of halogens is 1. The standard InChI is InChI=1S/C12H16FN3O2S/c1-8(4-5-14)16(3)19(17,18)10-6-11(13)9(2)12(15)7-10/h6-8H,4,15H2,1-3H3. The summed E-state index contributed by atoms with van der Waals surface area (Å²) in [6.07, 6.45) is 0.0551. The number of nitriles is 1. The first-order valence-corrected chi connectivity index (χ1v) is 7.06. The highest BCUT2D eigenvalue weighted by Gasteiger charge is 2.26. The molecule has 0 heterocycles. The van der Waals surface area contributed by atoms with Crippen LogP contribution in [0.25, 0.3) is 0 Å². The van der Waals surface area contributed by atoms with E-state index >= 15 is 0 Å². The Kier molecular flexibility index (Phi) is 4.50. The van der Waals surface area contributed by atoms with E-state index in [0.29, 0.717) is 0 Å². The maximum Gasteiger partial charge on any atom is 0.243 e. The third kappa shape index (κ3) is 3.03. The van der Waals surface area contributed by atoms with E-state index in [1.54, 1.807) is 6.92 Å². The molecule has 0 aliphatic rings. The van der Waals surface area contributed by atoms with Gasteiger partial charge in [-0.15, -0.1) is 0 Å². The number of rotatable bonds is 4. The average Bonchev–Trinajstić information content (AvgIpc) is 2.34. The van der Waals surface area contributed by atoms with Crippen LogP contribution in [-0.2, 0) is 10.0 Å². The lowest BCUT2D eigenvalue weighted by Crippen LogP contribution is -2.35. The molecule has 7 heteroatoms. The van der Waals surface area contributed by atoms with Crippen molar-refractivity contribution in [2.75, 3.05) is 12.8 Å². The number of nitrogens with two attached hydrogens (primary N) is 1. The number of hydrogen-bond donors (Lipinski definition) is 1. The van der Waals surface area contributed by atoms with Gasteiger partial charge < -0.3 is 5.73 Å². The molecular weight excluding hydrogens is 269 g/mol. The predicted molar refractivity (Wildman–Crippen MR) is 70.2 cm³/mol. The van der Waals surface area contributed by atoms with Gasteiger partial charge in [0.2, 0.25) is 10.0 Å². The molecule has 104 valence electrons. The normalized spacial score (nSPS) is 13.3. The number of nitrogen functional groups attached to an aromatic ring is 1. The van der Waals surface area contributed by atoms with Crippen molar-refractivity contribution >= 4 is 15.7 Å². The molecule has 0 saturated heterocycles. The highest BCUT2D eigenvalue weighted by molar-refractivity contribution is 7.89. The van der Waals surface area contributed by atoms with E-state index in [4.69, 9.17) is 11.0 Å². The molecule has 1 atom stereocenters. The summed E-state index contributed by atoms with van der Waals surface area (Å²) in [5.74, 6) is -0.667. The first kappa shape index (κ1) is 15.4. The Morgan fingerprint density at radius 1 is 1.53 bits per heavy atom. The molecule has 0 aliphatic carbocycles. The molecule has 0 bridgehead atoms. The molecule has 1 rings (SSSR count). The van der Waals surface area contributed by atoms with Crippen molar-refractivity contribution in [2.24, 2.45) is 0 Å². The zero-order chi connectivity index (χ0) is 14.8. The number of hydrogen-bond acceptors (Lipinski definition) is 4. The lowest BCUT2D eigenvalue weighted by atomic mass is 10.2. The Labute approximate surface area is 112 Å². The Morgan fingerprint density at radius 2 is 2.11 bits per heavy atom. The van der Waals surface area contributed by atoms with Crippen molar-refractivity contribution in [2.45, 2.75) is 31.2 Å². The summed E-state index contributed by atoms with van der Waals surface area (Å²) in [5, 5.41) is 8.59. The van der Waals surface area contributed by atoms with Crippen molar-refractivity contribution in [1.29, 1.82) is 5.26 Å². The SMILES string of the molecule is Cc1c(N)cc(S(=O)(=O)N(C)C(C)CC#N)cc1F. The molecule has 1 aromatic carbocycles. The van der Waals surface area contributed by atoms with Crippen molar-refractivity contribution in [3.63, 3.8) is 0 Å². The molecule has 19 heavy (non-hydrogen) atoms. The summed E-state index contributed by atoms with van der Waals surface area (Å²) < 4.78 is 39.1. The van der Waals surface area contributed by atoms with Crippen LogP contribution in [0, 0.1) is 24.1 Å². The first-order valence-electron chi connectivity index (χ1n) is 5.62. The van der Waals surface area contributed by atoms with E-state index in [9.17, 15) is 12.8 Å². The van der Waals surface area contributed by atoms with Gasteiger partial charge in [-0.2, -0.15) is 9.57 Å². The lowest BCUT2D eigenvalue weighted by molar-refractivity contribution is 0.393. The molecule has 0 saturated carbocycles. The van der Waals surface area contributed by atoms with Gasteiger partial charge in [-0.05, 0) is 26.0 Å². The summed E-state index contributed by atoms with van der Waals surface area (Å²) in [7, 11) is -2.51. The molecule has 0 spiro atoms. The van der Waals surface area contributed by atoms with E-state index in [1.165, 1.54) is 20.0 Å². The van der Waals surface area contributed by atoms with Gasteiger partial charge in [0, 0.05) is 24.3 Å². The summed E-state index contributed by atoms with van der Waals surface area (Å²) in [5.41, 5.74) is 5.88.